The van der Waals surface area contributed by atoms with Gasteiger partial charge in [-0.3, -0.25) is 0 Å². The van der Waals surface area contributed by atoms with Gasteiger partial charge in [0, 0.05) is 13.1 Å². The van der Waals surface area contributed by atoms with Crippen LogP contribution in [0.2, 0.25) is 0 Å². The van der Waals surface area contributed by atoms with E-state index in [2.05, 4.69) is 9.88 Å². The van der Waals surface area contributed by atoms with Gasteiger partial charge < -0.3 is 14.4 Å². The van der Waals surface area contributed by atoms with Crippen LogP contribution in [0.15, 0.2) is 0 Å². The third-order valence-electron chi connectivity index (χ3n) is 2.67. The third-order valence-corrected chi connectivity index (χ3v) is 3.87. The molecule has 1 saturated heterocycles. The van der Waals surface area contributed by atoms with Gasteiger partial charge in [0.15, 0.2) is 5.13 Å². The lowest BCUT2D eigenvalue weighted by Crippen LogP contribution is -2.41. The normalized spacial score (nSPS) is 20.4. The Morgan fingerprint density at radius 1 is 1.65 bits per heavy atom. The molecule has 6 heteroatoms. The van der Waals surface area contributed by atoms with Crippen molar-refractivity contribution < 1.29 is 14.3 Å². The second kappa shape index (κ2) is 5.01. The first-order valence-corrected chi connectivity index (χ1v) is 6.35. The highest BCUT2D eigenvalue weighted by atomic mass is 32.1. The molecule has 5 nitrogen and oxygen atoms in total. The molecular formula is C11H16N2O3S. The Balaban J connectivity index is 2.19. The lowest BCUT2D eigenvalue weighted by Gasteiger charge is -2.30. The highest BCUT2D eigenvalue weighted by Gasteiger charge is 2.23. The van der Waals surface area contributed by atoms with Crippen molar-refractivity contribution >= 4 is 22.4 Å². The zero-order chi connectivity index (χ0) is 12.4. The fourth-order valence-electron chi connectivity index (χ4n) is 1.79. The van der Waals surface area contributed by atoms with E-state index in [4.69, 9.17) is 9.47 Å². The number of nitrogens with zero attached hydrogens (tertiary/aromatic N) is 2. The van der Waals surface area contributed by atoms with Crippen LogP contribution in [0.4, 0.5) is 5.13 Å². The van der Waals surface area contributed by atoms with Gasteiger partial charge in [-0.25, -0.2) is 9.78 Å². The maximum atomic E-state index is 11.5. The molecule has 1 unspecified atom stereocenters. The Morgan fingerprint density at radius 3 is 3.06 bits per heavy atom. The number of morpholine rings is 1. The van der Waals surface area contributed by atoms with Crippen LogP contribution in [0, 0.1) is 6.92 Å². The maximum absolute atomic E-state index is 11.5. The van der Waals surface area contributed by atoms with Gasteiger partial charge in [0.05, 0.1) is 25.5 Å². The number of hydrogen-bond acceptors (Lipinski definition) is 6. The number of anilines is 1. The van der Waals surface area contributed by atoms with Gasteiger partial charge in [-0.2, -0.15) is 0 Å². The Bertz CT molecular complexity index is 419. The Labute approximate surface area is 104 Å². The Hall–Kier alpha value is -1.14. The molecule has 1 fully saturated rings. The third kappa shape index (κ3) is 2.58. The van der Waals surface area contributed by atoms with Crippen LogP contribution in [0.5, 0.6) is 0 Å². The molecule has 17 heavy (non-hydrogen) atoms. The number of hydrogen-bond donors (Lipinski definition) is 0. The molecule has 0 saturated carbocycles. The average Bonchev–Trinajstić information content (AvgIpc) is 2.70. The van der Waals surface area contributed by atoms with Crippen LogP contribution in [0.25, 0.3) is 0 Å². The molecule has 0 amide bonds. The fraction of sp³-hybridized carbons (Fsp3) is 0.636. The lowest BCUT2D eigenvalue weighted by molar-refractivity contribution is 0.0532. The summed E-state index contributed by atoms with van der Waals surface area (Å²) in [5, 5.41) is 0.873. The van der Waals surface area contributed by atoms with Gasteiger partial charge in [-0.15, -0.1) is 0 Å². The van der Waals surface area contributed by atoms with Crippen molar-refractivity contribution in [1.29, 1.82) is 0 Å². The van der Waals surface area contributed by atoms with E-state index in [9.17, 15) is 4.79 Å². The minimum Gasteiger partial charge on any atom is -0.465 e. The summed E-state index contributed by atoms with van der Waals surface area (Å²) in [4.78, 5) is 18.7. The van der Waals surface area contributed by atoms with Crippen LogP contribution in [-0.2, 0) is 9.47 Å². The van der Waals surface area contributed by atoms with Crippen molar-refractivity contribution in [3.8, 4) is 0 Å². The Morgan fingerprint density at radius 2 is 2.41 bits per heavy atom. The quantitative estimate of drug-likeness (QED) is 0.750. The van der Waals surface area contributed by atoms with Gasteiger partial charge in [-0.1, -0.05) is 11.3 Å². The number of methoxy groups -OCH3 is 1. The van der Waals surface area contributed by atoms with Crippen LogP contribution in [-0.4, -0.2) is 43.9 Å². The smallest absolute Gasteiger partial charge is 0.350 e. The second-order valence-electron chi connectivity index (χ2n) is 4.03. The molecule has 0 radical (unpaired) electrons. The van der Waals surface area contributed by atoms with Crippen molar-refractivity contribution in [1.82, 2.24) is 4.98 Å². The van der Waals surface area contributed by atoms with Gasteiger partial charge in [0.2, 0.25) is 0 Å². The second-order valence-corrected chi connectivity index (χ2v) is 5.01. The van der Waals surface area contributed by atoms with Crippen molar-refractivity contribution in [2.45, 2.75) is 20.0 Å². The van der Waals surface area contributed by atoms with Gasteiger partial charge in [-0.05, 0) is 13.8 Å². The van der Waals surface area contributed by atoms with Crippen LogP contribution in [0.3, 0.4) is 0 Å². The number of thiazole rings is 1. The summed E-state index contributed by atoms with van der Waals surface area (Å²) in [6, 6.07) is 0. The molecule has 1 aromatic heterocycles. The molecule has 94 valence electrons. The minimum absolute atomic E-state index is 0.203. The molecular weight excluding hydrogens is 240 g/mol. The highest BCUT2D eigenvalue weighted by Crippen LogP contribution is 2.27. The molecule has 0 spiro atoms. The molecule has 1 aromatic rings. The standard InChI is InChI=1S/C11H16N2O3S/c1-7-6-13(4-5-16-7)11-12-8(2)9(17-11)10(14)15-3/h7H,4-6H2,1-3H3. The maximum Gasteiger partial charge on any atom is 0.350 e. The summed E-state index contributed by atoms with van der Waals surface area (Å²) < 4.78 is 10.2. The lowest BCUT2D eigenvalue weighted by atomic mass is 10.3. The van der Waals surface area contributed by atoms with E-state index < -0.39 is 0 Å². The van der Waals surface area contributed by atoms with Crippen LogP contribution < -0.4 is 4.90 Å². The minimum atomic E-state index is -0.312. The summed E-state index contributed by atoms with van der Waals surface area (Å²) in [6.45, 7) is 6.20. The predicted octanol–water partition coefficient (Wildman–Crippen LogP) is 1.46. The first-order valence-electron chi connectivity index (χ1n) is 5.54. The molecule has 0 N–H and O–H groups in total. The van der Waals surface area contributed by atoms with Crippen LogP contribution >= 0.6 is 11.3 Å². The molecule has 2 heterocycles. The topological polar surface area (TPSA) is 51.7 Å². The number of carbonyl (C=O) groups is 1. The van der Waals surface area contributed by atoms with Crippen LogP contribution in [0.1, 0.15) is 22.3 Å². The molecule has 0 aromatic carbocycles. The number of aryl methyl sites for hydroxylation is 1. The SMILES string of the molecule is COC(=O)c1sc(N2CCOC(C)C2)nc1C. The van der Waals surface area contributed by atoms with E-state index in [-0.39, 0.29) is 12.1 Å². The van der Waals surface area contributed by atoms with E-state index >= 15 is 0 Å². The number of aromatic nitrogens is 1. The molecule has 2 rings (SSSR count). The number of esters is 1. The van der Waals surface area contributed by atoms with Crippen molar-refractivity contribution in [3.05, 3.63) is 10.6 Å². The first kappa shape index (κ1) is 12.3. The molecule has 1 aliphatic heterocycles. The monoisotopic (exact) mass is 256 g/mol. The number of carbonyl (C=O) groups excluding carboxylic acids is 1. The van der Waals surface area contributed by atoms with Gasteiger partial charge in [0.25, 0.3) is 0 Å². The summed E-state index contributed by atoms with van der Waals surface area (Å²) in [7, 11) is 1.39. The van der Waals surface area contributed by atoms with E-state index in [1.54, 1.807) is 0 Å². The summed E-state index contributed by atoms with van der Waals surface area (Å²) in [5.41, 5.74) is 0.732. The zero-order valence-corrected chi connectivity index (χ0v) is 11.0. The molecule has 0 aliphatic carbocycles. The first-order chi connectivity index (χ1) is 8.11. The summed E-state index contributed by atoms with van der Waals surface area (Å²) in [6.07, 6.45) is 0.203. The largest absolute Gasteiger partial charge is 0.465 e. The van der Waals surface area contributed by atoms with E-state index in [1.165, 1.54) is 18.4 Å². The molecule has 0 bridgehead atoms. The fourth-order valence-corrected chi connectivity index (χ4v) is 2.81. The van der Waals surface area contributed by atoms with E-state index in [1.807, 2.05) is 13.8 Å². The average molecular weight is 256 g/mol. The van der Waals surface area contributed by atoms with E-state index in [0.29, 0.717) is 11.5 Å². The summed E-state index contributed by atoms with van der Waals surface area (Å²) in [5.74, 6) is -0.312. The predicted molar refractivity (Wildman–Crippen MR) is 65.8 cm³/mol. The van der Waals surface area contributed by atoms with E-state index in [0.717, 1.165) is 23.9 Å². The van der Waals surface area contributed by atoms with Crippen molar-refractivity contribution in [3.63, 3.8) is 0 Å². The van der Waals surface area contributed by atoms with Crippen molar-refractivity contribution in [2.24, 2.45) is 0 Å². The molecule has 1 aliphatic rings. The van der Waals surface area contributed by atoms with Gasteiger partial charge in [0.1, 0.15) is 4.88 Å². The van der Waals surface area contributed by atoms with Crippen molar-refractivity contribution in [2.75, 3.05) is 31.7 Å². The van der Waals surface area contributed by atoms with Gasteiger partial charge >= 0.3 is 5.97 Å². The highest BCUT2D eigenvalue weighted by molar-refractivity contribution is 7.17. The zero-order valence-electron chi connectivity index (χ0n) is 10.2. The summed E-state index contributed by atoms with van der Waals surface area (Å²) >= 11 is 1.39. The number of ether oxygens (including phenoxy) is 2. The molecule has 1 atom stereocenters. The number of rotatable bonds is 2. The Kier molecular flexibility index (Phi) is 3.63.